The molecule has 1 unspecified atom stereocenters. The number of hydrogen-bond acceptors (Lipinski definition) is 5. The van der Waals surface area contributed by atoms with Crippen molar-refractivity contribution in [1.82, 2.24) is 10.2 Å². The highest BCUT2D eigenvalue weighted by Crippen LogP contribution is 2.28. The van der Waals surface area contributed by atoms with E-state index >= 15 is 0 Å². The summed E-state index contributed by atoms with van der Waals surface area (Å²) < 4.78 is 31.7. The Hall–Kier alpha value is -2.78. The second-order valence-electron chi connectivity index (χ2n) is 8.84. The van der Waals surface area contributed by atoms with Gasteiger partial charge < -0.3 is 15.0 Å². The molecule has 10 heteroatoms. The number of methoxy groups -OCH3 is 1. The van der Waals surface area contributed by atoms with Gasteiger partial charge in [-0.2, -0.15) is 0 Å². The van der Waals surface area contributed by atoms with Crippen LogP contribution in [0.3, 0.4) is 0 Å². The molecule has 1 N–H and O–H groups in total. The fourth-order valence-corrected chi connectivity index (χ4v) is 4.53. The normalized spacial score (nSPS) is 12.2. The Labute approximate surface area is 213 Å². The van der Waals surface area contributed by atoms with Crippen molar-refractivity contribution in [3.8, 4) is 5.75 Å². The van der Waals surface area contributed by atoms with Gasteiger partial charge in [-0.3, -0.25) is 13.9 Å². The maximum Gasteiger partial charge on any atom is 0.244 e. The van der Waals surface area contributed by atoms with Gasteiger partial charge >= 0.3 is 0 Å². The maximum atomic E-state index is 13.6. The zero-order chi connectivity index (χ0) is 26.3. The molecule has 0 heterocycles. The number of hydrogen-bond donors (Lipinski definition) is 1. The fraction of sp³-hybridized carbons (Fsp3) is 0.440. The number of carbonyl (C=O) groups excluding carboxylic acids is 2. The first kappa shape index (κ1) is 28.5. The summed E-state index contributed by atoms with van der Waals surface area (Å²) in [6.07, 6.45) is 1.03. The van der Waals surface area contributed by atoms with E-state index in [-0.39, 0.29) is 18.4 Å². The van der Waals surface area contributed by atoms with Crippen molar-refractivity contribution in [2.75, 3.05) is 30.8 Å². The number of nitrogens with one attached hydrogen (secondary N) is 1. The minimum absolute atomic E-state index is 0.0957. The predicted octanol–water partition coefficient (Wildman–Crippen LogP) is 3.61. The van der Waals surface area contributed by atoms with Crippen molar-refractivity contribution >= 4 is 39.1 Å². The molecule has 0 bridgehead atoms. The van der Waals surface area contributed by atoms with E-state index in [9.17, 15) is 18.0 Å². The zero-order valence-electron chi connectivity index (χ0n) is 21.0. The smallest absolute Gasteiger partial charge is 0.244 e. The van der Waals surface area contributed by atoms with Crippen molar-refractivity contribution < 1.29 is 22.7 Å². The van der Waals surface area contributed by atoms with Crippen molar-refractivity contribution in [1.29, 1.82) is 0 Å². The van der Waals surface area contributed by atoms with Gasteiger partial charge in [-0.1, -0.05) is 43.6 Å². The number of anilines is 1. The number of sulfonamides is 1. The van der Waals surface area contributed by atoms with Crippen LogP contribution in [0.2, 0.25) is 5.02 Å². The van der Waals surface area contributed by atoms with Gasteiger partial charge in [-0.15, -0.1) is 0 Å². The van der Waals surface area contributed by atoms with E-state index in [1.165, 1.54) is 4.90 Å². The van der Waals surface area contributed by atoms with Crippen molar-refractivity contribution in [3.05, 3.63) is 58.6 Å². The first-order valence-corrected chi connectivity index (χ1v) is 13.5. The second-order valence-corrected chi connectivity index (χ2v) is 11.2. The Morgan fingerprint density at radius 3 is 2.37 bits per heavy atom. The highest BCUT2D eigenvalue weighted by atomic mass is 35.5. The monoisotopic (exact) mass is 523 g/mol. The Morgan fingerprint density at radius 2 is 1.77 bits per heavy atom. The van der Waals surface area contributed by atoms with Crippen LogP contribution in [0.25, 0.3) is 0 Å². The highest BCUT2D eigenvalue weighted by Gasteiger charge is 2.30. The van der Waals surface area contributed by atoms with Crippen molar-refractivity contribution in [3.63, 3.8) is 0 Å². The zero-order valence-corrected chi connectivity index (χ0v) is 22.6. The van der Waals surface area contributed by atoms with Crippen LogP contribution in [0.15, 0.2) is 42.5 Å². The van der Waals surface area contributed by atoms with Gasteiger partial charge in [0.05, 0.1) is 19.1 Å². The van der Waals surface area contributed by atoms with E-state index in [0.717, 1.165) is 16.1 Å². The van der Waals surface area contributed by atoms with Crippen LogP contribution in [0, 0.1) is 12.8 Å². The number of carbonyl (C=O) groups is 2. The van der Waals surface area contributed by atoms with Crippen LogP contribution in [0.1, 0.15) is 31.9 Å². The second kappa shape index (κ2) is 12.3. The Morgan fingerprint density at radius 1 is 1.11 bits per heavy atom. The average molecular weight is 524 g/mol. The summed E-state index contributed by atoms with van der Waals surface area (Å²) >= 11 is 6.21. The van der Waals surface area contributed by atoms with Gasteiger partial charge in [0, 0.05) is 18.1 Å². The van der Waals surface area contributed by atoms with Crippen LogP contribution in [0.4, 0.5) is 5.69 Å². The molecule has 0 aliphatic rings. The van der Waals surface area contributed by atoms with Crippen molar-refractivity contribution in [2.24, 2.45) is 5.92 Å². The number of benzene rings is 2. The molecule has 0 aliphatic carbocycles. The molecule has 0 aromatic heterocycles. The summed E-state index contributed by atoms with van der Waals surface area (Å²) in [5, 5.41) is 3.24. The number of halogens is 1. The summed E-state index contributed by atoms with van der Waals surface area (Å²) in [5.41, 5.74) is 1.59. The van der Waals surface area contributed by atoms with Gasteiger partial charge in [0.15, 0.2) is 0 Å². The van der Waals surface area contributed by atoms with Gasteiger partial charge in [0.25, 0.3) is 0 Å². The van der Waals surface area contributed by atoms with Crippen LogP contribution in [0.5, 0.6) is 5.75 Å². The molecule has 0 fully saturated rings. The molecule has 2 amide bonds. The lowest BCUT2D eigenvalue weighted by Gasteiger charge is -2.32. The SMILES string of the molecule is COc1cccc(CN(C(=O)CN(c2cccc(Cl)c2C)S(C)(=O)=O)C(C)C(=O)NCC(C)C)c1. The molecule has 0 spiro atoms. The Bertz CT molecular complexity index is 1150. The van der Waals surface area contributed by atoms with Gasteiger partial charge in [0.1, 0.15) is 18.3 Å². The van der Waals surface area contributed by atoms with Crippen LogP contribution in [-0.2, 0) is 26.2 Å². The lowest BCUT2D eigenvalue weighted by molar-refractivity contribution is -0.139. The van der Waals surface area contributed by atoms with E-state index < -0.39 is 28.5 Å². The molecular weight excluding hydrogens is 490 g/mol. The summed E-state index contributed by atoms with van der Waals surface area (Å²) in [6, 6.07) is 11.2. The summed E-state index contributed by atoms with van der Waals surface area (Å²) in [5.74, 6) is 0.00366. The molecule has 2 rings (SSSR count). The third kappa shape index (κ3) is 7.86. The minimum Gasteiger partial charge on any atom is -0.497 e. The van der Waals surface area contributed by atoms with E-state index in [1.807, 2.05) is 19.9 Å². The molecule has 192 valence electrons. The molecule has 1 atom stereocenters. The first-order chi connectivity index (χ1) is 16.3. The molecule has 0 radical (unpaired) electrons. The summed E-state index contributed by atoms with van der Waals surface area (Å²) in [6.45, 7) is 7.34. The summed E-state index contributed by atoms with van der Waals surface area (Å²) in [7, 11) is -2.29. The molecular formula is C25H34ClN3O5S. The van der Waals surface area contributed by atoms with E-state index in [0.29, 0.717) is 28.6 Å². The molecule has 0 saturated heterocycles. The summed E-state index contributed by atoms with van der Waals surface area (Å²) in [4.78, 5) is 27.8. The first-order valence-electron chi connectivity index (χ1n) is 11.3. The molecule has 0 saturated carbocycles. The van der Waals surface area contributed by atoms with Gasteiger partial charge in [0.2, 0.25) is 21.8 Å². The number of nitrogens with zero attached hydrogens (tertiary/aromatic N) is 2. The third-order valence-electron chi connectivity index (χ3n) is 5.53. The van der Waals surface area contributed by atoms with E-state index in [1.54, 1.807) is 57.4 Å². The molecule has 35 heavy (non-hydrogen) atoms. The number of amides is 2. The lowest BCUT2D eigenvalue weighted by atomic mass is 10.1. The topological polar surface area (TPSA) is 96.0 Å². The van der Waals surface area contributed by atoms with Gasteiger partial charge in [-0.05, 0) is 55.2 Å². The predicted molar refractivity (Wildman–Crippen MR) is 139 cm³/mol. The van der Waals surface area contributed by atoms with Gasteiger partial charge in [-0.25, -0.2) is 8.42 Å². The Kier molecular flexibility index (Phi) is 9.97. The number of rotatable bonds is 11. The quantitative estimate of drug-likeness (QED) is 0.485. The molecule has 2 aromatic carbocycles. The van der Waals surface area contributed by atoms with Crippen LogP contribution >= 0.6 is 11.6 Å². The maximum absolute atomic E-state index is 13.6. The highest BCUT2D eigenvalue weighted by molar-refractivity contribution is 7.92. The van der Waals surface area contributed by atoms with Crippen molar-refractivity contribution in [2.45, 2.75) is 40.3 Å². The Balaban J connectivity index is 2.43. The van der Waals surface area contributed by atoms with Crippen LogP contribution < -0.4 is 14.4 Å². The van der Waals surface area contributed by atoms with E-state index in [2.05, 4.69) is 5.32 Å². The largest absolute Gasteiger partial charge is 0.497 e. The van der Waals surface area contributed by atoms with E-state index in [4.69, 9.17) is 16.3 Å². The number of ether oxygens (including phenoxy) is 1. The third-order valence-corrected chi connectivity index (χ3v) is 7.06. The fourth-order valence-electron chi connectivity index (χ4n) is 3.46. The molecule has 2 aromatic rings. The molecule has 8 nitrogen and oxygen atoms in total. The average Bonchev–Trinajstić information content (AvgIpc) is 2.80. The van der Waals surface area contributed by atoms with Crippen LogP contribution in [-0.4, -0.2) is 57.6 Å². The lowest BCUT2D eigenvalue weighted by Crippen LogP contribution is -2.51. The minimum atomic E-state index is -3.83. The standard InChI is InChI=1S/C25H34ClN3O5S/c1-17(2)14-27-25(31)19(4)28(15-20-9-7-10-21(13-20)34-5)24(30)16-29(35(6,32)33)23-12-8-11-22(26)18(23)3/h7-13,17,19H,14-16H2,1-6H3,(H,27,31). The molecule has 0 aliphatic heterocycles.